The molecule has 17 heavy (non-hydrogen) atoms. The minimum Gasteiger partial charge on any atom is -0.343 e. The molecule has 0 aliphatic rings. The average Bonchev–Trinajstić information content (AvgIpc) is 2.72. The summed E-state index contributed by atoms with van der Waals surface area (Å²) in [6.45, 7) is 2.72. The lowest BCUT2D eigenvalue weighted by Crippen LogP contribution is -2.16. The van der Waals surface area contributed by atoms with E-state index in [2.05, 4.69) is 31.2 Å². The number of aromatic nitrogens is 3. The molecule has 88 valence electrons. The molecule has 2 aromatic heterocycles. The van der Waals surface area contributed by atoms with Crippen LogP contribution >= 0.6 is 15.9 Å². The highest BCUT2D eigenvalue weighted by Gasteiger charge is 2.12. The molecule has 0 bridgehead atoms. The zero-order chi connectivity index (χ0) is 12.3. The van der Waals surface area contributed by atoms with E-state index >= 15 is 0 Å². The summed E-state index contributed by atoms with van der Waals surface area (Å²) in [4.78, 5) is 19.7. The molecule has 6 heteroatoms. The summed E-state index contributed by atoms with van der Waals surface area (Å²) in [5.41, 5.74) is 1.18. The maximum atomic E-state index is 12.0. The Morgan fingerprint density at radius 1 is 1.47 bits per heavy atom. The predicted molar refractivity (Wildman–Crippen MR) is 67.8 cm³/mol. The van der Waals surface area contributed by atoms with Crippen LogP contribution in [0.3, 0.4) is 0 Å². The Bertz CT molecular complexity index is 524. The van der Waals surface area contributed by atoms with Crippen molar-refractivity contribution in [2.24, 2.45) is 0 Å². The van der Waals surface area contributed by atoms with E-state index in [-0.39, 0.29) is 5.91 Å². The zero-order valence-electron chi connectivity index (χ0n) is 9.22. The van der Waals surface area contributed by atoms with E-state index < -0.39 is 0 Å². The Morgan fingerprint density at radius 2 is 2.18 bits per heavy atom. The number of aryl methyl sites for hydroxylation is 1. The molecule has 1 amide bonds. The molecule has 2 rings (SSSR count). The number of nitrogens with zero attached hydrogens (tertiary/aromatic N) is 3. The van der Waals surface area contributed by atoms with Gasteiger partial charge in [0.05, 0.1) is 18.1 Å². The predicted octanol–water partition coefficient (Wildman–Crippen LogP) is 2.31. The summed E-state index contributed by atoms with van der Waals surface area (Å²) in [5, 5.41) is 2.74. The summed E-state index contributed by atoms with van der Waals surface area (Å²) in [7, 11) is 0. The van der Waals surface area contributed by atoms with Gasteiger partial charge in [0.1, 0.15) is 12.0 Å². The lowest BCUT2D eigenvalue weighted by Gasteiger charge is -2.06. The van der Waals surface area contributed by atoms with E-state index in [0.717, 1.165) is 11.0 Å². The smallest absolute Gasteiger partial charge is 0.272 e. The zero-order valence-corrected chi connectivity index (χ0v) is 10.8. The third-order valence-electron chi connectivity index (χ3n) is 2.25. The summed E-state index contributed by atoms with van der Waals surface area (Å²) >= 11 is 3.35. The van der Waals surface area contributed by atoms with Crippen LogP contribution in [0.4, 0.5) is 5.69 Å². The number of nitrogens with one attached hydrogen (secondary N) is 1. The quantitative estimate of drug-likeness (QED) is 0.945. The first kappa shape index (κ1) is 11.8. The standard InChI is InChI=1S/C11H11BrN4O/c1-2-16-6-8(12)3-10(16)11(17)15-9-4-13-7-14-5-9/h3-7H,2H2,1H3,(H,15,17). The Kier molecular flexibility index (Phi) is 3.53. The molecule has 0 saturated heterocycles. The molecule has 0 unspecified atom stereocenters. The number of rotatable bonds is 3. The van der Waals surface area contributed by atoms with Crippen LogP contribution in [-0.2, 0) is 6.54 Å². The molecule has 5 nitrogen and oxygen atoms in total. The van der Waals surface area contributed by atoms with Crippen LogP contribution in [-0.4, -0.2) is 20.4 Å². The van der Waals surface area contributed by atoms with Crippen molar-refractivity contribution < 1.29 is 4.79 Å². The highest BCUT2D eigenvalue weighted by molar-refractivity contribution is 9.10. The largest absolute Gasteiger partial charge is 0.343 e. The minimum absolute atomic E-state index is 0.174. The topological polar surface area (TPSA) is 59.8 Å². The first-order valence-corrected chi connectivity index (χ1v) is 5.92. The highest BCUT2D eigenvalue weighted by atomic mass is 79.9. The normalized spacial score (nSPS) is 10.2. The number of anilines is 1. The number of hydrogen-bond acceptors (Lipinski definition) is 3. The molecule has 1 N–H and O–H groups in total. The fourth-order valence-corrected chi connectivity index (χ4v) is 1.95. The molecule has 0 radical (unpaired) electrons. The van der Waals surface area contributed by atoms with Crippen molar-refractivity contribution in [3.05, 3.63) is 41.2 Å². The highest BCUT2D eigenvalue weighted by Crippen LogP contribution is 2.16. The number of hydrogen-bond donors (Lipinski definition) is 1. The lowest BCUT2D eigenvalue weighted by molar-refractivity contribution is 0.101. The molecule has 0 aromatic carbocycles. The van der Waals surface area contributed by atoms with E-state index in [9.17, 15) is 4.79 Å². The Hall–Kier alpha value is -1.69. The van der Waals surface area contributed by atoms with Crippen molar-refractivity contribution in [1.29, 1.82) is 0 Å². The monoisotopic (exact) mass is 294 g/mol. The van der Waals surface area contributed by atoms with Gasteiger partial charge in [-0.1, -0.05) is 0 Å². The van der Waals surface area contributed by atoms with Crippen LogP contribution in [0.5, 0.6) is 0 Å². The molecule has 0 aliphatic carbocycles. The number of carbonyl (C=O) groups is 1. The van der Waals surface area contributed by atoms with Crippen molar-refractivity contribution >= 4 is 27.5 Å². The first-order valence-electron chi connectivity index (χ1n) is 5.12. The van der Waals surface area contributed by atoms with Gasteiger partial charge in [0.15, 0.2) is 0 Å². The van der Waals surface area contributed by atoms with E-state index in [1.165, 1.54) is 6.33 Å². The summed E-state index contributed by atoms with van der Waals surface area (Å²) in [6, 6.07) is 1.78. The molecule has 0 saturated carbocycles. The lowest BCUT2D eigenvalue weighted by atomic mass is 10.4. The van der Waals surface area contributed by atoms with Crippen LogP contribution in [0, 0.1) is 0 Å². The fourth-order valence-electron chi connectivity index (χ4n) is 1.49. The van der Waals surface area contributed by atoms with Crippen LogP contribution in [0.1, 0.15) is 17.4 Å². The first-order chi connectivity index (χ1) is 8.20. The van der Waals surface area contributed by atoms with Gasteiger partial charge in [-0.3, -0.25) is 4.79 Å². The van der Waals surface area contributed by atoms with Crippen molar-refractivity contribution in [3.63, 3.8) is 0 Å². The van der Waals surface area contributed by atoms with E-state index in [1.54, 1.807) is 18.5 Å². The summed E-state index contributed by atoms with van der Waals surface area (Å²) in [6.07, 6.45) is 6.40. The van der Waals surface area contributed by atoms with Gasteiger partial charge in [-0.15, -0.1) is 0 Å². The summed E-state index contributed by atoms with van der Waals surface area (Å²) < 4.78 is 2.75. The van der Waals surface area contributed by atoms with Crippen LogP contribution < -0.4 is 5.32 Å². The Labute approximate surface area is 107 Å². The van der Waals surface area contributed by atoms with Crippen molar-refractivity contribution in [2.75, 3.05) is 5.32 Å². The van der Waals surface area contributed by atoms with Gasteiger partial charge >= 0.3 is 0 Å². The third-order valence-corrected chi connectivity index (χ3v) is 2.69. The SMILES string of the molecule is CCn1cc(Br)cc1C(=O)Nc1cncnc1. The van der Waals surface area contributed by atoms with E-state index in [1.807, 2.05) is 17.7 Å². The molecule has 2 heterocycles. The number of halogens is 1. The van der Waals surface area contributed by atoms with Crippen molar-refractivity contribution in [2.45, 2.75) is 13.5 Å². The van der Waals surface area contributed by atoms with Gasteiger partial charge in [0, 0.05) is 17.2 Å². The maximum absolute atomic E-state index is 12.0. The third kappa shape index (κ3) is 2.71. The van der Waals surface area contributed by atoms with Crippen LogP contribution in [0.15, 0.2) is 35.5 Å². The molecule has 0 atom stereocenters. The second-order valence-electron chi connectivity index (χ2n) is 3.41. The Morgan fingerprint density at radius 3 is 2.82 bits per heavy atom. The van der Waals surface area contributed by atoms with E-state index in [0.29, 0.717) is 11.4 Å². The molecule has 0 aliphatic heterocycles. The second-order valence-corrected chi connectivity index (χ2v) is 4.33. The number of amides is 1. The average molecular weight is 295 g/mol. The number of carbonyl (C=O) groups excluding carboxylic acids is 1. The van der Waals surface area contributed by atoms with Crippen molar-refractivity contribution in [3.8, 4) is 0 Å². The molecule has 0 spiro atoms. The van der Waals surface area contributed by atoms with Gasteiger partial charge in [-0.05, 0) is 28.9 Å². The van der Waals surface area contributed by atoms with Crippen LogP contribution in [0.2, 0.25) is 0 Å². The van der Waals surface area contributed by atoms with Gasteiger partial charge in [0.25, 0.3) is 5.91 Å². The summed E-state index contributed by atoms with van der Waals surface area (Å²) in [5.74, 6) is -0.174. The fraction of sp³-hybridized carbons (Fsp3) is 0.182. The van der Waals surface area contributed by atoms with Crippen molar-refractivity contribution in [1.82, 2.24) is 14.5 Å². The molecule has 2 aromatic rings. The minimum atomic E-state index is -0.174. The Balaban J connectivity index is 2.20. The molecular weight excluding hydrogens is 284 g/mol. The van der Waals surface area contributed by atoms with Gasteiger partial charge in [0.2, 0.25) is 0 Å². The maximum Gasteiger partial charge on any atom is 0.272 e. The van der Waals surface area contributed by atoms with Gasteiger partial charge in [-0.25, -0.2) is 9.97 Å². The van der Waals surface area contributed by atoms with Crippen LogP contribution in [0.25, 0.3) is 0 Å². The van der Waals surface area contributed by atoms with E-state index in [4.69, 9.17) is 0 Å². The molecular formula is C11H11BrN4O. The molecule has 0 fully saturated rings. The van der Waals surface area contributed by atoms with Gasteiger partial charge in [-0.2, -0.15) is 0 Å². The second kappa shape index (κ2) is 5.09. The van der Waals surface area contributed by atoms with Gasteiger partial charge < -0.3 is 9.88 Å².